The molecule has 0 saturated carbocycles. The van der Waals surface area contributed by atoms with Gasteiger partial charge in [-0.15, -0.1) is 0 Å². The molecule has 2 unspecified atom stereocenters. The molecule has 2 saturated heterocycles. The molecule has 110 valence electrons. The molecule has 0 radical (unpaired) electrons. The van der Waals surface area contributed by atoms with E-state index in [1.807, 2.05) is 0 Å². The molecule has 0 spiro atoms. The lowest BCUT2D eigenvalue weighted by atomic mass is 9.82. The van der Waals surface area contributed by atoms with Gasteiger partial charge in [-0.1, -0.05) is 6.42 Å². The van der Waals surface area contributed by atoms with Gasteiger partial charge in [0, 0.05) is 6.42 Å². The van der Waals surface area contributed by atoms with E-state index in [0.717, 1.165) is 6.42 Å². The van der Waals surface area contributed by atoms with Gasteiger partial charge in [-0.05, 0) is 32.1 Å². The van der Waals surface area contributed by atoms with Crippen LogP contribution in [0, 0.1) is 0 Å². The molecule has 1 N–H and O–H groups in total. The largest absolute Gasteiger partial charge is 0.390 e. The first kappa shape index (κ1) is 14.8. The summed E-state index contributed by atoms with van der Waals surface area (Å²) in [5, 5.41) is 9.13. The second kappa shape index (κ2) is 5.09. The zero-order valence-electron chi connectivity index (χ0n) is 10.4. The maximum absolute atomic E-state index is 12.8. The van der Waals surface area contributed by atoms with Crippen LogP contribution in [0.2, 0.25) is 0 Å². The van der Waals surface area contributed by atoms with Crippen LogP contribution in [0.3, 0.4) is 0 Å². The van der Waals surface area contributed by atoms with E-state index in [2.05, 4.69) is 0 Å². The van der Waals surface area contributed by atoms with Gasteiger partial charge in [0.1, 0.15) is 0 Å². The Kier molecular flexibility index (Phi) is 3.97. The number of allylic oxidation sites excluding steroid dienone is 1. The Hall–Kier alpha value is -0.560. The van der Waals surface area contributed by atoms with Crippen molar-refractivity contribution < 1.29 is 26.7 Å². The highest BCUT2D eigenvalue weighted by molar-refractivity contribution is 7.92. The minimum Gasteiger partial charge on any atom is -0.390 e. The SMILES string of the molecule is O=S1(=O)C2CCCC1CC(O)(CCC(F)=C(F)F)C2. The number of aliphatic hydroxyl groups is 1. The van der Waals surface area contributed by atoms with E-state index >= 15 is 0 Å². The Morgan fingerprint density at radius 2 is 1.68 bits per heavy atom. The Balaban J connectivity index is 2.09. The zero-order valence-corrected chi connectivity index (χ0v) is 11.2. The second-order valence-electron chi connectivity index (χ2n) is 5.56. The minimum atomic E-state index is -3.21. The van der Waals surface area contributed by atoms with Gasteiger partial charge in [-0.2, -0.15) is 8.78 Å². The normalized spacial score (nSPS) is 36.8. The van der Waals surface area contributed by atoms with Crippen LogP contribution in [0.4, 0.5) is 13.2 Å². The molecule has 0 aromatic heterocycles. The third-order valence-corrected chi connectivity index (χ3v) is 6.87. The highest BCUT2D eigenvalue weighted by atomic mass is 32.2. The molecule has 0 amide bonds. The Morgan fingerprint density at radius 3 is 2.16 bits per heavy atom. The Labute approximate surface area is 110 Å². The molecule has 3 nitrogen and oxygen atoms in total. The lowest BCUT2D eigenvalue weighted by Gasteiger charge is -2.43. The van der Waals surface area contributed by atoms with Gasteiger partial charge in [0.2, 0.25) is 0 Å². The number of halogens is 3. The standard InChI is InChI=1S/C12H17F3O3S/c13-10(11(14)15)4-5-12(16)6-8-2-1-3-9(7-12)19(8,17)18/h8-9,16H,1-7H2. The van der Waals surface area contributed by atoms with Crippen LogP contribution >= 0.6 is 0 Å². The van der Waals surface area contributed by atoms with Crippen molar-refractivity contribution in [1.29, 1.82) is 0 Å². The predicted molar refractivity (Wildman–Crippen MR) is 64.1 cm³/mol. The van der Waals surface area contributed by atoms with Crippen LogP contribution in [0.5, 0.6) is 0 Å². The fourth-order valence-corrected chi connectivity index (χ4v) is 5.80. The number of sulfone groups is 1. The van der Waals surface area contributed by atoms with Crippen LogP contribution in [-0.2, 0) is 9.84 Å². The maximum atomic E-state index is 12.8. The summed E-state index contributed by atoms with van der Waals surface area (Å²) in [5.74, 6) is -1.52. The monoisotopic (exact) mass is 298 g/mol. The van der Waals surface area contributed by atoms with Crippen molar-refractivity contribution in [2.75, 3.05) is 0 Å². The van der Waals surface area contributed by atoms with Gasteiger partial charge < -0.3 is 5.11 Å². The van der Waals surface area contributed by atoms with Crippen LogP contribution in [0.25, 0.3) is 0 Å². The summed E-state index contributed by atoms with van der Waals surface area (Å²) in [6.45, 7) is 0. The summed E-state index contributed by atoms with van der Waals surface area (Å²) in [4.78, 5) is 0. The molecule has 2 aliphatic rings. The topological polar surface area (TPSA) is 54.4 Å². The molecule has 2 rings (SSSR count). The van der Waals surface area contributed by atoms with Crippen molar-refractivity contribution in [2.24, 2.45) is 0 Å². The van der Waals surface area contributed by atoms with Crippen LogP contribution in [-0.4, -0.2) is 29.6 Å². The van der Waals surface area contributed by atoms with Gasteiger partial charge in [0.15, 0.2) is 15.7 Å². The van der Waals surface area contributed by atoms with Gasteiger partial charge in [0.25, 0.3) is 0 Å². The third kappa shape index (κ3) is 2.97. The number of fused-ring (bicyclic) bond motifs is 2. The van der Waals surface area contributed by atoms with E-state index < -0.39 is 44.3 Å². The smallest absolute Gasteiger partial charge is 0.301 e. The molecule has 2 bridgehead atoms. The second-order valence-corrected chi connectivity index (χ2v) is 8.07. The van der Waals surface area contributed by atoms with E-state index in [4.69, 9.17) is 0 Å². The molecule has 0 aromatic rings. The van der Waals surface area contributed by atoms with Crippen LogP contribution in [0.1, 0.15) is 44.9 Å². The highest BCUT2D eigenvalue weighted by Gasteiger charge is 2.50. The summed E-state index contributed by atoms with van der Waals surface area (Å²) in [6, 6.07) is 0. The summed E-state index contributed by atoms with van der Waals surface area (Å²) in [5.41, 5.74) is -1.34. The summed E-state index contributed by atoms with van der Waals surface area (Å²) >= 11 is 0. The van der Waals surface area contributed by atoms with Gasteiger partial charge in [-0.25, -0.2) is 12.8 Å². The first-order chi connectivity index (χ1) is 8.74. The van der Waals surface area contributed by atoms with E-state index in [1.165, 1.54) is 0 Å². The minimum absolute atomic E-state index is 0.0347. The fourth-order valence-electron chi connectivity index (χ4n) is 3.18. The first-order valence-corrected chi connectivity index (χ1v) is 8.00. The van der Waals surface area contributed by atoms with E-state index in [9.17, 15) is 26.7 Å². The quantitative estimate of drug-likeness (QED) is 0.871. The molecule has 2 aliphatic heterocycles. The molecule has 2 atom stereocenters. The number of rotatable bonds is 3. The van der Waals surface area contributed by atoms with Crippen molar-refractivity contribution in [3.05, 3.63) is 11.9 Å². The molecule has 0 aromatic carbocycles. The Morgan fingerprint density at radius 1 is 1.16 bits per heavy atom. The maximum Gasteiger partial charge on any atom is 0.301 e. The van der Waals surface area contributed by atoms with Gasteiger partial charge >= 0.3 is 6.08 Å². The molecule has 19 heavy (non-hydrogen) atoms. The van der Waals surface area contributed by atoms with Crippen molar-refractivity contribution >= 4 is 9.84 Å². The summed E-state index contributed by atoms with van der Waals surface area (Å²) in [7, 11) is -3.21. The van der Waals surface area contributed by atoms with Crippen molar-refractivity contribution in [3.63, 3.8) is 0 Å². The Bertz CT molecular complexity index is 462. The number of hydrogen-bond donors (Lipinski definition) is 1. The van der Waals surface area contributed by atoms with Crippen LogP contribution in [0.15, 0.2) is 11.9 Å². The predicted octanol–water partition coefficient (Wildman–Crippen LogP) is 2.71. The molecular weight excluding hydrogens is 281 g/mol. The first-order valence-electron chi connectivity index (χ1n) is 6.39. The van der Waals surface area contributed by atoms with Crippen molar-refractivity contribution in [3.8, 4) is 0 Å². The van der Waals surface area contributed by atoms with Crippen molar-refractivity contribution in [1.82, 2.24) is 0 Å². The lowest BCUT2D eigenvalue weighted by molar-refractivity contribution is 0.000549. The third-order valence-electron chi connectivity index (χ3n) is 4.21. The number of hydrogen-bond acceptors (Lipinski definition) is 3. The average molecular weight is 298 g/mol. The van der Waals surface area contributed by atoms with Crippen molar-refractivity contribution in [2.45, 2.75) is 61.0 Å². The fraction of sp³-hybridized carbons (Fsp3) is 0.833. The van der Waals surface area contributed by atoms with E-state index in [0.29, 0.717) is 12.8 Å². The molecule has 2 heterocycles. The van der Waals surface area contributed by atoms with Crippen LogP contribution < -0.4 is 0 Å². The lowest BCUT2D eigenvalue weighted by Crippen LogP contribution is -2.51. The summed E-state index contributed by atoms with van der Waals surface area (Å²) in [6.07, 6.45) is -1.20. The average Bonchev–Trinajstić information content (AvgIpc) is 2.28. The molecule has 2 fully saturated rings. The van der Waals surface area contributed by atoms with E-state index in [-0.39, 0.29) is 19.3 Å². The zero-order chi connectivity index (χ0) is 14.3. The van der Waals surface area contributed by atoms with Gasteiger partial charge in [0.05, 0.1) is 16.1 Å². The van der Waals surface area contributed by atoms with Gasteiger partial charge in [-0.3, -0.25) is 0 Å². The summed E-state index contributed by atoms with van der Waals surface area (Å²) < 4.78 is 60.8. The molecular formula is C12H17F3O3S. The van der Waals surface area contributed by atoms with E-state index in [1.54, 1.807) is 0 Å². The molecule has 0 aliphatic carbocycles. The molecule has 7 heteroatoms. The highest BCUT2D eigenvalue weighted by Crippen LogP contribution is 2.43.